The number of rotatable bonds is 5. The predicted molar refractivity (Wildman–Crippen MR) is 118 cm³/mol. The van der Waals surface area contributed by atoms with E-state index in [-0.39, 0.29) is 0 Å². The third-order valence-corrected chi connectivity index (χ3v) is 5.33. The van der Waals surface area contributed by atoms with Crippen LogP contribution in [0.1, 0.15) is 12.5 Å². The summed E-state index contributed by atoms with van der Waals surface area (Å²) in [6.45, 7) is 10.3. The number of hydrogen-bond acceptors (Lipinski definition) is 7. The second-order valence-electron chi connectivity index (χ2n) is 7.28. The predicted octanol–water partition coefficient (Wildman–Crippen LogP) is 0.996. The Hall–Kier alpha value is -2.94. The molecule has 0 aromatic carbocycles. The SMILES string of the molecule is CCNC(=NCc1cccnc1N1CCOCC1)N1CCN(c2ncccn2)CC1. The molecule has 160 valence electrons. The Balaban J connectivity index is 1.42. The van der Waals surface area contributed by atoms with Gasteiger partial charge in [-0.3, -0.25) is 0 Å². The van der Waals surface area contributed by atoms with Crippen LogP contribution in [0, 0.1) is 0 Å². The van der Waals surface area contributed by atoms with Crippen molar-refractivity contribution < 1.29 is 4.74 Å². The molecule has 0 bridgehead atoms. The summed E-state index contributed by atoms with van der Waals surface area (Å²) < 4.78 is 5.48. The zero-order valence-corrected chi connectivity index (χ0v) is 17.6. The Morgan fingerprint density at radius 3 is 2.43 bits per heavy atom. The zero-order valence-electron chi connectivity index (χ0n) is 17.6. The maximum atomic E-state index is 5.48. The summed E-state index contributed by atoms with van der Waals surface area (Å²) in [6.07, 6.45) is 5.44. The van der Waals surface area contributed by atoms with Gasteiger partial charge in [0, 0.05) is 70.0 Å². The van der Waals surface area contributed by atoms with E-state index in [1.54, 1.807) is 12.4 Å². The fourth-order valence-corrected chi connectivity index (χ4v) is 3.77. The largest absolute Gasteiger partial charge is 0.378 e. The van der Waals surface area contributed by atoms with Gasteiger partial charge in [-0.15, -0.1) is 0 Å². The number of guanidine groups is 1. The molecule has 2 aromatic rings. The maximum Gasteiger partial charge on any atom is 0.225 e. The van der Waals surface area contributed by atoms with Crippen LogP contribution in [0.3, 0.4) is 0 Å². The molecule has 2 fully saturated rings. The molecule has 2 aromatic heterocycles. The van der Waals surface area contributed by atoms with Gasteiger partial charge >= 0.3 is 0 Å². The number of aliphatic imine (C=N–C) groups is 1. The van der Waals surface area contributed by atoms with Gasteiger partial charge < -0.3 is 24.8 Å². The molecule has 0 aliphatic carbocycles. The molecule has 0 saturated carbocycles. The number of hydrogen-bond donors (Lipinski definition) is 1. The smallest absolute Gasteiger partial charge is 0.225 e. The van der Waals surface area contributed by atoms with Crippen LogP contribution in [-0.4, -0.2) is 84.8 Å². The quantitative estimate of drug-likeness (QED) is 0.577. The third-order valence-electron chi connectivity index (χ3n) is 5.33. The Morgan fingerprint density at radius 2 is 1.70 bits per heavy atom. The van der Waals surface area contributed by atoms with E-state index in [0.29, 0.717) is 6.54 Å². The van der Waals surface area contributed by atoms with Crippen molar-refractivity contribution in [1.82, 2.24) is 25.2 Å². The van der Waals surface area contributed by atoms with Crippen molar-refractivity contribution in [1.29, 1.82) is 0 Å². The minimum Gasteiger partial charge on any atom is -0.378 e. The summed E-state index contributed by atoms with van der Waals surface area (Å²) in [4.78, 5) is 25.1. The van der Waals surface area contributed by atoms with E-state index >= 15 is 0 Å². The lowest BCUT2D eigenvalue weighted by molar-refractivity contribution is 0.122. The second kappa shape index (κ2) is 10.2. The number of anilines is 2. The molecular weight excluding hydrogens is 380 g/mol. The number of pyridine rings is 1. The van der Waals surface area contributed by atoms with Gasteiger partial charge in [-0.05, 0) is 19.1 Å². The van der Waals surface area contributed by atoms with Gasteiger partial charge in [0.25, 0.3) is 0 Å². The highest BCUT2D eigenvalue weighted by molar-refractivity contribution is 5.80. The molecule has 2 saturated heterocycles. The number of nitrogens with one attached hydrogen (secondary N) is 1. The highest BCUT2D eigenvalue weighted by Crippen LogP contribution is 2.19. The molecule has 0 spiro atoms. The van der Waals surface area contributed by atoms with E-state index in [9.17, 15) is 0 Å². The summed E-state index contributed by atoms with van der Waals surface area (Å²) in [5, 5.41) is 3.45. The van der Waals surface area contributed by atoms with Crippen LogP contribution in [-0.2, 0) is 11.3 Å². The lowest BCUT2D eigenvalue weighted by Gasteiger charge is -2.36. The summed E-state index contributed by atoms with van der Waals surface area (Å²) >= 11 is 0. The van der Waals surface area contributed by atoms with Crippen LogP contribution in [0.15, 0.2) is 41.8 Å². The minimum atomic E-state index is 0.602. The van der Waals surface area contributed by atoms with Crippen LogP contribution in [0.4, 0.5) is 11.8 Å². The summed E-state index contributed by atoms with van der Waals surface area (Å²) in [6, 6.07) is 5.95. The van der Waals surface area contributed by atoms with Gasteiger partial charge in [-0.1, -0.05) is 6.07 Å². The lowest BCUT2D eigenvalue weighted by Crippen LogP contribution is -2.53. The molecule has 2 aliphatic heterocycles. The van der Waals surface area contributed by atoms with Gasteiger partial charge in [-0.25, -0.2) is 19.9 Å². The number of piperazine rings is 1. The molecule has 2 aliphatic rings. The highest BCUT2D eigenvalue weighted by atomic mass is 16.5. The first kappa shape index (κ1) is 20.3. The van der Waals surface area contributed by atoms with E-state index in [0.717, 1.165) is 82.3 Å². The molecule has 9 heteroatoms. The molecule has 0 amide bonds. The van der Waals surface area contributed by atoms with Crippen LogP contribution in [0.5, 0.6) is 0 Å². The standard InChI is InChI=1S/C21H30N8O/c1-2-22-20(28-9-11-29(12-10-28)21-24-7-4-8-25-21)26-17-18-5-3-6-23-19(18)27-13-15-30-16-14-27/h3-8H,2,9-17H2,1H3,(H,22,26). The molecular formula is C21H30N8O. The van der Waals surface area contributed by atoms with Crippen molar-refractivity contribution >= 4 is 17.7 Å². The number of ether oxygens (including phenoxy) is 1. The molecule has 1 N–H and O–H groups in total. The van der Waals surface area contributed by atoms with Crippen LogP contribution in [0.2, 0.25) is 0 Å². The van der Waals surface area contributed by atoms with Crippen molar-refractivity contribution in [3.63, 3.8) is 0 Å². The van der Waals surface area contributed by atoms with Gasteiger partial charge in [-0.2, -0.15) is 0 Å². The Kier molecular flexibility index (Phi) is 6.91. The first-order valence-corrected chi connectivity index (χ1v) is 10.7. The van der Waals surface area contributed by atoms with E-state index in [4.69, 9.17) is 9.73 Å². The normalized spacial score (nSPS) is 17.9. The van der Waals surface area contributed by atoms with E-state index in [1.165, 1.54) is 0 Å². The summed E-state index contributed by atoms with van der Waals surface area (Å²) in [5.41, 5.74) is 1.14. The van der Waals surface area contributed by atoms with Gasteiger partial charge in [0.1, 0.15) is 5.82 Å². The summed E-state index contributed by atoms with van der Waals surface area (Å²) in [7, 11) is 0. The van der Waals surface area contributed by atoms with Crippen LogP contribution in [0.25, 0.3) is 0 Å². The minimum absolute atomic E-state index is 0.602. The Labute approximate surface area is 177 Å². The first-order valence-electron chi connectivity index (χ1n) is 10.7. The molecule has 0 unspecified atom stereocenters. The zero-order chi connectivity index (χ0) is 20.6. The highest BCUT2D eigenvalue weighted by Gasteiger charge is 2.21. The van der Waals surface area contributed by atoms with E-state index in [1.807, 2.05) is 18.3 Å². The molecule has 0 radical (unpaired) electrons. The second-order valence-corrected chi connectivity index (χ2v) is 7.28. The van der Waals surface area contributed by atoms with Crippen molar-refractivity contribution in [3.05, 3.63) is 42.4 Å². The van der Waals surface area contributed by atoms with Crippen molar-refractivity contribution in [2.24, 2.45) is 4.99 Å². The fraction of sp³-hybridized carbons (Fsp3) is 0.524. The molecule has 4 rings (SSSR count). The van der Waals surface area contributed by atoms with E-state index < -0.39 is 0 Å². The average Bonchev–Trinajstić information content (AvgIpc) is 2.83. The monoisotopic (exact) mass is 410 g/mol. The number of nitrogens with zero attached hydrogens (tertiary/aromatic N) is 7. The molecule has 9 nitrogen and oxygen atoms in total. The molecule has 4 heterocycles. The Morgan fingerprint density at radius 1 is 0.967 bits per heavy atom. The average molecular weight is 411 g/mol. The van der Waals surface area contributed by atoms with Crippen molar-refractivity contribution in [2.45, 2.75) is 13.5 Å². The van der Waals surface area contributed by atoms with Gasteiger partial charge in [0.15, 0.2) is 5.96 Å². The topological polar surface area (TPSA) is 82.0 Å². The first-order chi connectivity index (χ1) is 14.8. The van der Waals surface area contributed by atoms with Crippen molar-refractivity contribution in [3.8, 4) is 0 Å². The van der Waals surface area contributed by atoms with Crippen LogP contribution < -0.4 is 15.1 Å². The van der Waals surface area contributed by atoms with Crippen LogP contribution >= 0.6 is 0 Å². The van der Waals surface area contributed by atoms with Gasteiger partial charge in [0.05, 0.1) is 19.8 Å². The maximum absolute atomic E-state index is 5.48. The van der Waals surface area contributed by atoms with E-state index in [2.05, 4.69) is 48.0 Å². The number of aromatic nitrogens is 3. The Bertz CT molecular complexity index is 817. The van der Waals surface area contributed by atoms with Gasteiger partial charge in [0.2, 0.25) is 5.95 Å². The lowest BCUT2D eigenvalue weighted by atomic mass is 10.2. The third kappa shape index (κ3) is 4.96. The number of morpholine rings is 1. The molecule has 0 atom stereocenters. The molecule has 30 heavy (non-hydrogen) atoms. The van der Waals surface area contributed by atoms with Crippen molar-refractivity contribution in [2.75, 3.05) is 68.8 Å². The fourth-order valence-electron chi connectivity index (χ4n) is 3.77. The summed E-state index contributed by atoms with van der Waals surface area (Å²) in [5.74, 6) is 2.76.